The number of likely N-dealkylation sites (tertiary alicyclic amines) is 1. The van der Waals surface area contributed by atoms with Crippen LogP contribution >= 0.6 is 0 Å². The minimum atomic E-state index is -0.408. The van der Waals surface area contributed by atoms with Gasteiger partial charge in [0.25, 0.3) is 0 Å². The van der Waals surface area contributed by atoms with E-state index < -0.39 is 5.60 Å². The van der Waals surface area contributed by atoms with Crippen LogP contribution in [-0.4, -0.2) is 47.7 Å². The molecule has 0 aliphatic carbocycles. The predicted octanol–water partition coefficient (Wildman–Crippen LogP) is 3.69. The third-order valence-corrected chi connectivity index (χ3v) is 4.99. The lowest BCUT2D eigenvalue weighted by Crippen LogP contribution is -2.44. The van der Waals surface area contributed by atoms with Crippen LogP contribution < -0.4 is 0 Å². The highest BCUT2D eigenvalue weighted by Gasteiger charge is 2.28. The number of fused-ring (bicyclic) bond motifs is 1. The van der Waals surface area contributed by atoms with Crippen molar-refractivity contribution < 1.29 is 9.53 Å². The first-order chi connectivity index (χ1) is 11.4. The summed E-state index contributed by atoms with van der Waals surface area (Å²) in [6, 6.07) is 8.79. The van der Waals surface area contributed by atoms with Crippen molar-refractivity contribution in [3.05, 3.63) is 35.4 Å². The molecule has 4 nitrogen and oxygen atoms in total. The first kappa shape index (κ1) is 17.3. The molecular weight excluding hydrogens is 300 g/mol. The van der Waals surface area contributed by atoms with Gasteiger partial charge in [-0.25, -0.2) is 4.79 Å². The first-order valence-corrected chi connectivity index (χ1v) is 9.18. The standard InChI is InChI=1S/C20H30N2O2/c1-20(2,3)24-19(23)22-12-8-16(9-13-22)14-21-11-10-17-6-4-5-7-18(17)15-21/h4-7,16H,8-15H2,1-3H3. The van der Waals surface area contributed by atoms with Gasteiger partial charge in [0.2, 0.25) is 0 Å². The Morgan fingerprint density at radius 3 is 2.46 bits per heavy atom. The Kier molecular flexibility index (Phi) is 5.14. The van der Waals surface area contributed by atoms with E-state index in [1.807, 2.05) is 25.7 Å². The third-order valence-electron chi connectivity index (χ3n) is 4.99. The van der Waals surface area contributed by atoms with Crippen LogP contribution in [0, 0.1) is 5.92 Å². The second-order valence-corrected chi connectivity index (χ2v) is 8.16. The molecule has 1 amide bonds. The summed E-state index contributed by atoms with van der Waals surface area (Å²) in [5.74, 6) is 0.689. The van der Waals surface area contributed by atoms with Gasteiger partial charge in [0, 0.05) is 32.7 Å². The van der Waals surface area contributed by atoms with E-state index in [4.69, 9.17) is 4.74 Å². The fourth-order valence-corrected chi connectivity index (χ4v) is 3.70. The highest BCUT2D eigenvalue weighted by Crippen LogP contribution is 2.24. The Bertz CT molecular complexity index is 571. The number of piperidine rings is 1. The van der Waals surface area contributed by atoms with Crippen LogP contribution in [-0.2, 0) is 17.7 Å². The summed E-state index contributed by atoms with van der Waals surface area (Å²) in [7, 11) is 0. The Hall–Kier alpha value is -1.55. The molecule has 2 heterocycles. The van der Waals surface area contributed by atoms with Gasteiger partial charge in [-0.3, -0.25) is 4.90 Å². The quantitative estimate of drug-likeness (QED) is 0.829. The van der Waals surface area contributed by atoms with Crippen molar-refractivity contribution in [3.63, 3.8) is 0 Å². The Morgan fingerprint density at radius 1 is 1.12 bits per heavy atom. The summed E-state index contributed by atoms with van der Waals surface area (Å²) in [5, 5.41) is 0. The fraction of sp³-hybridized carbons (Fsp3) is 0.650. The van der Waals surface area contributed by atoms with Gasteiger partial charge in [0.05, 0.1) is 0 Å². The molecule has 132 valence electrons. The van der Waals surface area contributed by atoms with Crippen molar-refractivity contribution in [1.29, 1.82) is 0 Å². The molecule has 2 aliphatic heterocycles. The average Bonchev–Trinajstić information content (AvgIpc) is 2.54. The molecule has 3 rings (SSSR count). The van der Waals surface area contributed by atoms with Gasteiger partial charge >= 0.3 is 6.09 Å². The molecule has 0 aromatic heterocycles. The largest absolute Gasteiger partial charge is 0.444 e. The summed E-state index contributed by atoms with van der Waals surface area (Å²) < 4.78 is 5.48. The molecule has 0 spiro atoms. The van der Waals surface area contributed by atoms with Gasteiger partial charge in [0.1, 0.15) is 5.60 Å². The predicted molar refractivity (Wildman–Crippen MR) is 96.0 cm³/mol. The van der Waals surface area contributed by atoms with Gasteiger partial charge in [-0.1, -0.05) is 24.3 Å². The van der Waals surface area contributed by atoms with Gasteiger partial charge < -0.3 is 9.64 Å². The molecule has 1 fully saturated rings. The monoisotopic (exact) mass is 330 g/mol. The zero-order valence-electron chi connectivity index (χ0n) is 15.3. The number of ether oxygens (including phenoxy) is 1. The SMILES string of the molecule is CC(C)(C)OC(=O)N1CCC(CN2CCc3ccccc3C2)CC1. The van der Waals surface area contributed by atoms with Crippen LogP contribution in [0.15, 0.2) is 24.3 Å². The van der Waals surface area contributed by atoms with E-state index in [-0.39, 0.29) is 6.09 Å². The molecule has 1 saturated heterocycles. The Morgan fingerprint density at radius 2 is 1.79 bits per heavy atom. The van der Waals surface area contributed by atoms with Crippen molar-refractivity contribution in [2.24, 2.45) is 5.92 Å². The molecule has 24 heavy (non-hydrogen) atoms. The van der Waals surface area contributed by atoms with Crippen LogP contribution in [0.1, 0.15) is 44.7 Å². The second-order valence-electron chi connectivity index (χ2n) is 8.16. The number of nitrogens with zero attached hydrogens (tertiary/aromatic N) is 2. The number of hydrogen-bond acceptors (Lipinski definition) is 3. The molecule has 4 heteroatoms. The molecule has 2 aliphatic rings. The van der Waals surface area contributed by atoms with Crippen LogP contribution in [0.3, 0.4) is 0 Å². The van der Waals surface area contributed by atoms with Crippen molar-refractivity contribution in [2.45, 2.75) is 52.2 Å². The van der Waals surface area contributed by atoms with E-state index in [0.717, 1.165) is 52.0 Å². The van der Waals surface area contributed by atoms with E-state index in [1.54, 1.807) is 0 Å². The van der Waals surface area contributed by atoms with E-state index in [1.165, 1.54) is 11.1 Å². The number of carbonyl (C=O) groups excluding carboxylic acids is 1. The van der Waals surface area contributed by atoms with E-state index in [0.29, 0.717) is 5.92 Å². The molecule has 0 atom stereocenters. The topological polar surface area (TPSA) is 32.8 Å². The van der Waals surface area contributed by atoms with Crippen LogP contribution in [0.5, 0.6) is 0 Å². The van der Waals surface area contributed by atoms with Crippen LogP contribution in [0.2, 0.25) is 0 Å². The average molecular weight is 330 g/mol. The van der Waals surface area contributed by atoms with E-state index >= 15 is 0 Å². The molecule has 0 radical (unpaired) electrons. The highest BCUT2D eigenvalue weighted by atomic mass is 16.6. The lowest BCUT2D eigenvalue weighted by Gasteiger charge is -2.37. The summed E-state index contributed by atoms with van der Waals surface area (Å²) in [6.07, 6.45) is 3.16. The summed E-state index contributed by atoms with van der Waals surface area (Å²) in [6.45, 7) is 10.8. The van der Waals surface area contributed by atoms with Crippen LogP contribution in [0.4, 0.5) is 4.79 Å². The molecule has 1 aromatic carbocycles. The van der Waals surface area contributed by atoms with Crippen molar-refractivity contribution in [3.8, 4) is 0 Å². The lowest BCUT2D eigenvalue weighted by molar-refractivity contribution is 0.0167. The maximum Gasteiger partial charge on any atom is 0.410 e. The van der Waals surface area contributed by atoms with Gasteiger partial charge in [-0.15, -0.1) is 0 Å². The molecule has 1 aromatic rings. The number of amides is 1. The fourth-order valence-electron chi connectivity index (χ4n) is 3.70. The maximum atomic E-state index is 12.1. The summed E-state index contributed by atoms with van der Waals surface area (Å²) in [5.41, 5.74) is 2.58. The Labute approximate surface area is 145 Å². The van der Waals surface area contributed by atoms with Crippen molar-refractivity contribution in [2.75, 3.05) is 26.2 Å². The summed E-state index contributed by atoms with van der Waals surface area (Å²) in [4.78, 5) is 16.6. The number of benzene rings is 1. The third kappa shape index (κ3) is 4.50. The molecule has 0 unspecified atom stereocenters. The first-order valence-electron chi connectivity index (χ1n) is 9.18. The van der Waals surface area contributed by atoms with Crippen molar-refractivity contribution >= 4 is 6.09 Å². The smallest absolute Gasteiger partial charge is 0.410 e. The molecule has 0 saturated carbocycles. The van der Waals surface area contributed by atoms with Gasteiger partial charge in [-0.2, -0.15) is 0 Å². The van der Waals surface area contributed by atoms with Gasteiger partial charge in [0.15, 0.2) is 0 Å². The zero-order valence-corrected chi connectivity index (χ0v) is 15.3. The minimum Gasteiger partial charge on any atom is -0.444 e. The molecular formula is C20H30N2O2. The molecule has 0 N–H and O–H groups in total. The zero-order chi connectivity index (χ0) is 17.2. The highest BCUT2D eigenvalue weighted by molar-refractivity contribution is 5.68. The van der Waals surface area contributed by atoms with Gasteiger partial charge in [-0.05, 0) is 57.1 Å². The number of rotatable bonds is 2. The molecule has 0 bridgehead atoms. The van der Waals surface area contributed by atoms with Crippen LogP contribution in [0.25, 0.3) is 0 Å². The van der Waals surface area contributed by atoms with Crippen molar-refractivity contribution in [1.82, 2.24) is 9.80 Å². The number of hydrogen-bond donors (Lipinski definition) is 0. The van der Waals surface area contributed by atoms with E-state index in [2.05, 4.69) is 29.2 Å². The maximum absolute atomic E-state index is 12.1. The summed E-state index contributed by atoms with van der Waals surface area (Å²) >= 11 is 0. The Balaban J connectivity index is 1.46. The second kappa shape index (κ2) is 7.14. The number of carbonyl (C=O) groups is 1. The van der Waals surface area contributed by atoms with E-state index in [9.17, 15) is 4.79 Å². The normalized spacial score (nSPS) is 19.9. The minimum absolute atomic E-state index is 0.159. The lowest BCUT2D eigenvalue weighted by atomic mass is 9.94.